The van der Waals surface area contributed by atoms with Crippen molar-refractivity contribution in [2.45, 2.75) is 6.29 Å². The maximum atomic E-state index is 7.76. The van der Waals surface area contributed by atoms with Crippen LogP contribution in [0.25, 0.3) is 0 Å². The Labute approximate surface area is 35.1 Å². The highest BCUT2D eigenvalue weighted by Gasteiger charge is 1.79. The van der Waals surface area contributed by atoms with E-state index >= 15 is 0 Å². The fourth-order valence-electron chi connectivity index (χ4n) is 0. The summed E-state index contributed by atoms with van der Waals surface area (Å²) in [5.41, 5.74) is 0. The second-order valence-corrected chi connectivity index (χ2v) is 0.822. The van der Waals surface area contributed by atoms with E-state index in [2.05, 4.69) is 12.2 Å². The van der Waals surface area contributed by atoms with Gasteiger partial charge in [0.05, 0.1) is 0 Å². The van der Waals surface area contributed by atoms with Gasteiger partial charge in [-0.1, -0.05) is 12.2 Å². The van der Waals surface area contributed by atoms with Crippen LogP contribution in [0.3, 0.4) is 0 Å². The van der Waals surface area contributed by atoms with Gasteiger partial charge in [0.1, 0.15) is 0 Å². The molecular weight excluding hydrogens is 88.1 g/mol. The third-order valence-electron chi connectivity index (χ3n) is 0.122. The molecule has 0 spiro atoms. The number of hydrogen-bond donors (Lipinski definition) is 2. The lowest BCUT2D eigenvalue weighted by Gasteiger charge is -1.82. The van der Waals surface area contributed by atoms with E-state index in [0.29, 0.717) is 0 Å². The van der Waals surface area contributed by atoms with Gasteiger partial charge in [-0.2, -0.15) is 0 Å². The Hall–Kier alpha value is 0.01000. The molecule has 0 unspecified atom stereocenters. The maximum absolute atomic E-state index is 7.76. The molecule has 0 heterocycles. The van der Waals surface area contributed by atoms with Crippen LogP contribution < -0.4 is 0 Å². The second-order valence-electron chi connectivity index (χ2n) is 0.550. The molecule has 0 aromatic rings. The molecule has 0 bridgehead atoms. The Balaban J connectivity index is 2.83. The molecule has 0 saturated heterocycles. The van der Waals surface area contributed by atoms with Crippen molar-refractivity contribution in [3.8, 4) is 0 Å². The molecule has 0 saturated carbocycles. The molecule has 3 heteroatoms. The van der Waals surface area contributed by atoms with Gasteiger partial charge >= 0.3 is 0 Å². The number of hydrogen-bond acceptors (Lipinski definition) is 3. The number of thiocarbonyl (C=S) groups is 1. The lowest BCUT2D eigenvalue weighted by molar-refractivity contribution is 0.0257. The van der Waals surface area contributed by atoms with E-state index in [4.69, 9.17) is 10.2 Å². The average Bonchev–Trinajstić information content (AvgIpc) is 1.38. The largest absolute Gasteiger partial charge is 0.364 e. The minimum Gasteiger partial charge on any atom is -0.364 e. The third-order valence-corrected chi connectivity index (χ3v) is 0.365. The van der Waals surface area contributed by atoms with Gasteiger partial charge in [-0.15, -0.1) is 0 Å². The van der Waals surface area contributed by atoms with Gasteiger partial charge in [-0.05, 0) is 0 Å². The van der Waals surface area contributed by atoms with Crippen LogP contribution in [-0.4, -0.2) is 21.9 Å². The predicted molar refractivity (Wildman–Crippen MR) is 21.9 cm³/mol. The minimum absolute atomic E-state index is 0.861. The lowest BCUT2D eigenvalue weighted by atomic mass is 10.8. The first-order valence-electron chi connectivity index (χ1n) is 1.09. The smallest absolute Gasteiger partial charge is 0.181 e. The second kappa shape index (κ2) is 2.26. The zero-order chi connectivity index (χ0) is 4.28. The molecule has 2 nitrogen and oxygen atoms in total. The van der Waals surface area contributed by atoms with Crippen molar-refractivity contribution < 1.29 is 10.2 Å². The first-order chi connectivity index (χ1) is 2.27. The van der Waals surface area contributed by atoms with E-state index in [-0.39, 0.29) is 0 Å². The van der Waals surface area contributed by atoms with Crippen LogP contribution in [0.15, 0.2) is 0 Å². The van der Waals surface area contributed by atoms with Crippen LogP contribution in [0.5, 0.6) is 0 Å². The molecule has 0 aromatic carbocycles. The lowest BCUT2D eigenvalue weighted by Crippen LogP contribution is -2.01. The van der Waals surface area contributed by atoms with E-state index in [9.17, 15) is 0 Å². The summed E-state index contributed by atoms with van der Waals surface area (Å²) in [7, 11) is 0. The van der Waals surface area contributed by atoms with Gasteiger partial charge in [-0.25, -0.2) is 0 Å². The summed E-state index contributed by atoms with van der Waals surface area (Å²) in [5, 5.41) is 16.4. The van der Waals surface area contributed by atoms with Crippen LogP contribution in [0, 0.1) is 0 Å². The highest BCUT2D eigenvalue weighted by Crippen LogP contribution is 1.60. The molecule has 0 rings (SSSR count). The summed E-state index contributed by atoms with van der Waals surface area (Å²) in [6.07, 6.45) is -1.43. The van der Waals surface area contributed by atoms with E-state index in [1.807, 2.05) is 0 Å². The Morgan fingerprint density at radius 2 is 1.80 bits per heavy atom. The Kier molecular flexibility index (Phi) is 2.26. The summed E-state index contributed by atoms with van der Waals surface area (Å²) in [6.45, 7) is 0. The zero-order valence-electron chi connectivity index (χ0n) is 2.46. The molecule has 0 aliphatic rings. The minimum atomic E-state index is -1.43. The van der Waals surface area contributed by atoms with Gasteiger partial charge in [0.15, 0.2) is 6.29 Å². The van der Waals surface area contributed by atoms with E-state index in [1.54, 1.807) is 0 Å². The van der Waals surface area contributed by atoms with Crippen LogP contribution in [-0.2, 0) is 0 Å². The molecular formula is C2H4O2S. The summed E-state index contributed by atoms with van der Waals surface area (Å²) >= 11 is 4.05. The normalized spacial score (nSPS) is 8.60. The molecule has 0 amide bonds. The van der Waals surface area contributed by atoms with E-state index in [1.165, 1.54) is 0 Å². The molecule has 0 fully saturated rings. The van der Waals surface area contributed by atoms with Crippen molar-refractivity contribution in [1.29, 1.82) is 0 Å². The quantitative estimate of drug-likeness (QED) is 0.332. The molecule has 0 aliphatic carbocycles. The van der Waals surface area contributed by atoms with Crippen molar-refractivity contribution >= 4 is 17.6 Å². The first-order valence-corrected chi connectivity index (χ1v) is 1.56. The summed E-state index contributed by atoms with van der Waals surface area (Å²) in [6, 6.07) is 0. The average molecular weight is 92.1 g/mol. The molecule has 2 N–H and O–H groups in total. The van der Waals surface area contributed by atoms with Gasteiger partial charge in [0.2, 0.25) is 0 Å². The van der Waals surface area contributed by atoms with Gasteiger partial charge in [0.25, 0.3) is 0 Å². The highest BCUT2D eigenvalue weighted by molar-refractivity contribution is 7.79. The molecule has 0 atom stereocenters. The maximum Gasteiger partial charge on any atom is 0.181 e. The van der Waals surface area contributed by atoms with Crippen molar-refractivity contribution in [3.63, 3.8) is 0 Å². The van der Waals surface area contributed by atoms with Crippen LogP contribution in [0.1, 0.15) is 0 Å². The van der Waals surface area contributed by atoms with Crippen molar-refractivity contribution in [2.24, 2.45) is 0 Å². The fraction of sp³-hybridized carbons (Fsp3) is 0.500. The summed E-state index contributed by atoms with van der Waals surface area (Å²) in [4.78, 5) is 0. The van der Waals surface area contributed by atoms with Crippen molar-refractivity contribution in [2.75, 3.05) is 0 Å². The highest BCUT2D eigenvalue weighted by atomic mass is 32.1. The van der Waals surface area contributed by atoms with Crippen LogP contribution >= 0.6 is 12.2 Å². The van der Waals surface area contributed by atoms with Crippen LogP contribution in [0.2, 0.25) is 0 Å². The van der Waals surface area contributed by atoms with Crippen molar-refractivity contribution in [1.82, 2.24) is 0 Å². The fourth-order valence-corrected chi connectivity index (χ4v) is 0. The van der Waals surface area contributed by atoms with E-state index in [0.717, 1.165) is 5.37 Å². The SMILES string of the molecule is OC(O)C=S. The van der Waals surface area contributed by atoms with Crippen molar-refractivity contribution in [3.05, 3.63) is 0 Å². The molecule has 0 aromatic heterocycles. The first kappa shape index (κ1) is 5.01. The standard InChI is InChI=1S/C2H4O2S/c3-2(4)1-5/h1-4H. The molecule has 5 heavy (non-hydrogen) atoms. The van der Waals surface area contributed by atoms with Gasteiger partial charge in [0, 0.05) is 5.37 Å². The Morgan fingerprint density at radius 1 is 1.60 bits per heavy atom. The predicted octanol–water partition coefficient (Wildman–Crippen LogP) is -0.703. The van der Waals surface area contributed by atoms with Crippen LogP contribution in [0.4, 0.5) is 0 Å². The number of aliphatic hydroxyl groups excluding tert-OH is 1. The molecule has 0 aliphatic heterocycles. The Morgan fingerprint density at radius 3 is 1.80 bits per heavy atom. The summed E-state index contributed by atoms with van der Waals surface area (Å²) < 4.78 is 0. The molecule has 0 radical (unpaired) electrons. The van der Waals surface area contributed by atoms with Gasteiger partial charge in [-0.3, -0.25) is 0 Å². The Bertz CT molecular complexity index is 34.6. The van der Waals surface area contributed by atoms with Gasteiger partial charge < -0.3 is 10.2 Å². The zero-order valence-corrected chi connectivity index (χ0v) is 3.27. The molecule has 30 valence electrons. The number of aliphatic hydroxyl groups is 2. The monoisotopic (exact) mass is 92.0 g/mol. The summed E-state index contributed by atoms with van der Waals surface area (Å²) in [5.74, 6) is 0. The topological polar surface area (TPSA) is 40.5 Å². The van der Waals surface area contributed by atoms with E-state index < -0.39 is 6.29 Å². The number of rotatable bonds is 1. The third kappa shape index (κ3) is 4.01.